The molecule has 1 aromatic heterocycles. The van der Waals surface area contributed by atoms with E-state index in [-0.39, 0.29) is 24.7 Å². The molecule has 0 fully saturated rings. The minimum atomic E-state index is -0.301. The first-order valence-electron chi connectivity index (χ1n) is 7.15. The number of nitrogens with zero attached hydrogens (tertiary/aromatic N) is 1. The molecule has 0 aliphatic heterocycles. The molecule has 2 rings (SSSR count). The Balaban J connectivity index is 1.85. The quantitative estimate of drug-likeness (QED) is 0.854. The van der Waals surface area contributed by atoms with Crippen molar-refractivity contribution < 1.29 is 18.8 Å². The summed E-state index contributed by atoms with van der Waals surface area (Å²) in [4.78, 5) is 23.7. The van der Waals surface area contributed by atoms with Gasteiger partial charge in [0.1, 0.15) is 11.5 Å². The number of methoxy groups -OCH3 is 1. The maximum Gasteiger partial charge on any atom is 0.226 e. The Labute approximate surface area is 134 Å². The fourth-order valence-electron chi connectivity index (χ4n) is 1.99. The van der Waals surface area contributed by atoms with Gasteiger partial charge in [0, 0.05) is 18.9 Å². The van der Waals surface area contributed by atoms with Crippen LogP contribution < -0.4 is 15.4 Å². The molecule has 0 saturated heterocycles. The lowest BCUT2D eigenvalue weighted by molar-refractivity contribution is -0.121. The minimum absolute atomic E-state index is 0.0475. The zero-order valence-electron chi connectivity index (χ0n) is 13.3. The number of nitrogens with one attached hydrogen (secondary N) is 2. The van der Waals surface area contributed by atoms with Crippen LogP contribution in [0.15, 0.2) is 28.8 Å². The second-order valence-electron chi connectivity index (χ2n) is 5.12. The van der Waals surface area contributed by atoms with Crippen LogP contribution in [0.25, 0.3) is 0 Å². The maximum absolute atomic E-state index is 12.0. The summed E-state index contributed by atoms with van der Waals surface area (Å²) in [5.74, 6) is 0.953. The molecule has 7 heteroatoms. The lowest BCUT2D eigenvalue weighted by atomic mass is 10.2. The molecule has 0 unspecified atom stereocenters. The number of carbonyl (C=O) groups excluding carboxylic acids is 2. The highest BCUT2D eigenvalue weighted by Crippen LogP contribution is 2.25. The molecule has 2 aromatic rings. The average molecular weight is 317 g/mol. The highest BCUT2D eigenvalue weighted by Gasteiger charge is 2.11. The van der Waals surface area contributed by atoms with Gasteiger partial charge in [-0.2, -0.15) is 0 Å². The van der Waals surface area contributed by atoms with Gasteiger partial charge in [0.2, 0.25) is 11.8 Å². The van der Waals surface area contributed by atoms with E-state index >= 15 is 0 Å². The summed E-state index contributed by atoms with van der Waals surface area (Å²) < 4.78 is 10.0. The van der Waals surface area contributed by atoms with Gasteiger partial charge in [-0.15, -0.1) is 0 Å². The summed E-state index contributed by atoms with van der Waals surface area (Å²) >= 11 is 0. The first-order valence-corrected chi connectivity index (χ1v) is 7.15. The van der Waals surface area contributed by atoms with Crippen LogP contribution in [0, 0.1) is 13.8 Å². The van der Waals surface area contributed by atoms with Gasteiger partial charge >= 0.3 is 0 Å². The van der Waals surface area contributed by atoms with Crippen molar-refractivity contribution in [1.82, 2.24) is 5.16 Å². The first kappa shape index (κ1) is 16.5. The van der Waals surface area contributed by atoms with Gasteiger partial charge in [-0.05, 0) is 31.5 Å². The summed E-state index contributed by atoms with van der Waals surface area (Å²) in [5, 5.41) is 8.97. The van der Waals surface area contributed by atoms with Crippen molar-refractivity contribution in [2.45, 2.75) is 26.7 Å². The third kappa shape index (κ3) is 4.84. The average Bonchev–Trinajstić information content (AvgIpc) is 2.90. The monoisotopic (exact) mass is 317 g/mol. The second kappa shape index (κ2) is 7.44. The van der Waals surface area contributed by atoms with Crippen LogP contribution in [0.2, 0.25) is 0 Å². The van der Waals surface area contributed by atoms with Gasteiger partial charge < -0.3 is 19.9 Å². The zero-order valence-corrected chi connectivity index (χ0v) is 13.3. The SMILES string of the molecule is COc1ccc(C)cc1NC(=O)CCC(=O)Nc1cc(C)on1. The van der Waals surface area contributed by atoms with Gasteiger partial charge in [-0.25, -0.2) is 0 Å². The van der Waals surface area contributed by atoms with E-state index in [2.05, 4.69) is 15.8 Å². The molecule has 0 saturated carbocycles. The third-order valence-electron chi connectivity index (χ3n) is 3.10. The van der Waals surface area contributed by atoms with Crippen molar-refractivity contribution in [2.75, 3.05) is 17.7 Å². The van der Waals surface area contributed by atoms with Crippen LogP contribution >= 0.6 is 0 Å². The molecule has 1 heterocycles. The predicted molar refractivity (Wildman–Crippen MR) is 85.5 cm³/mol. The largest absolute Gasteiger partial charge is 0.495 e. The summed E-state index contributed by atoms with van der Waals surface area (Å²) in [6.07, 6.45) is 0.103. The van der Waals surface area contributed by atoms with E-state index in [0.29, 0.717) is 23.0 Å². The maximum atomic E-state index is 12.0. The molecule has 0 aliphatic rings. The fraction of sp³-hybridized carbons (Fsp3) is 0.312. The molecule has 0 radical (unpaired) electrons. The molecule has 7 nitrogen and oxygen atoms in total. The molecule has 122 valence electrons. The number of ether oxygens (including phenoxy) is 1. The lowest BCUT2D eigenvalue weighted by Gasteiger charge is -2.10. The third-order valence-corrected chi connectivity index (χ3v) is 3.10. The second-order valence-corrected chi connectivity index (χ2v) is 5.12. The van der Waals surface area contributed by atoms with Crippen LogP contribution in [-0.4, -0.2) is 24.1 Å². The molecule has 0 spiro atoms. The standard InChI is InChI=1S/C16H19N3O4/c1-10-4-5-13(22-3)12(8-10)17-15(20)6-7-16(21)18-14-9-11(2)23-19-14/h4-5,8-9H,6-7H2,1-3H3,(H,17,20)(H,18,19,21). The number of hydrogen-bond donors (Lipinski definition) is 2. The van der Waals surface area contributed by atoms with Crippen molar-refractivity contribution in [3.63, 3.8) is 0 Å². The number of rotatable bonds is 6. The Morgan fingerprint density at radius 3 is 2.43 bits per heavy atom. The van der Waals surface area contributed by atoms with Crippen molar-refractivity contribution >= 4 is 23.3 Å². The smallest absolute Gasteiger partial charge is 0.226 e. The summed E-state index contributed by atoms with van der Waals surface area (Å²) in [7, 11) is 1.54. The van der Waals surface area contributed by atoms with Crippen molar-refractivity contribution in [1.29, 1.82) is 0 Å². The molecule has 0 bridgehead atoms. The Hall–Kier alpha value is -2.83. The van der Waals surface area contributed by atoms with E-state index in [1.165, 1.54) is 7.11 Å². The van der Waals surface area contributed by atoms with Crippen LogP contribution in [-0.2, 0) is 9.59 Å². The van der Waals surface area contributed by atoms with Crippen LogP contribution in [0.1, 0.15) is 24.2 Å². The van der Waals surface area contributed by atoms with Crippen LogP contribution in [0.5, 0.6) is 5.75 Å². The van der Waals surface area contributed by atoms with Gasteiger partial charge in [0.05, 0.1) is 12.8 Å². The highest BCUT2D eigenvalue weighted by molar-refractivity contribution is 5.97. The van der Waals surface area contributed by atoms with E-state index in [0.717, 1.165) is 5.56 Å². The number of carbonyl (C=O) groups is 2. The molecule has 0 aliphatic carbocycles. The van der Waals surface area contributed by atoms with Crippen LogP contribution in [0.4, 0.5) is 11.5 Å². The van der Waals surface area contributed by atoms with Crippen molar-refractivity contribution in [3.05, 3.63) is 35.6 Å². The molecule has 1 aromatic carbocycles. The Morgan fingerprint density at radius 1 is 1.13 bits per heavy atom. The van der Waals surface area contributed by atoms with Crippen molar-refractivity contribution in [2.24, 2.45) is 0 Å². The normalized spacial score (nSPS) is 10.2. The van der Waals surface area contributed by atoms with E-state index in [1.54, 1.807) is 19.1 Å². The molecule has 0 atom stereocenters. The summed E-state index contributed by atoms with van der Waals surface area (Å²) in [6.45, 7) is 3.65. The molecular formula is C16H19N3O4. The topological polar surface area (TPSA) is 93.5 Å². The van der Waals surface area contributed by atoms with E-state index in [9.17, 15) is 9.59 Å². The fourth-order valence-corrected chi connectivity index (χ4v) is 1.99. The summed E-state index contributed by atoms with van der Waals surface area (Å²) in [5.41, 5.74) is 1.59. The van der Waals surface area contributed by atoms with Gasteiger partial charge in [-0.3, -0.25) is 9.59 Å². The lowest BCUT2D eigenvalue weighted by Crippen LogP contribution is -2.17. The van der Waals surface area contributed by atoms with Gasteiger partial charge in [-0.1, -0.05) is 11.2 Å². The van der Waals surface area contributed by atoms with Gasteiger partial charge in [0.15, 0.2) is 5.82 Å². The van der Waals surface area contributed by atoms with Crippen molar-refractivity contribution in [3.8, 4) is 5.75 Å². The number of hydrogen-bond acceptors (Lipinski definition) is 5. The Kier molecular flexibility index (Phi) is 5.35. The van der Waals surface area contributed by atoms with Crippen LogP contribution in [0.3, 0.4) is 0 Å². The number of anilines is 2. The van der Waals surface area contributed by atoms with E-state index < -0.39 is 0 Å². The summed E-state index contributed by atoms with van der Waals surface area (Å²) in [6, 6.07) is 7.09. The Bertz CT molecular complexity index is 709. The molecule has 2 amide bonds. The minimum Gasteiger partial charge on any atom is -0.495 e. The predicted octanol–water partition coefficient (Wildman–Crippen LogP) is 2.66. The van der Waals surface area contributed by atoms with E-state index in [1.807, 2.05) is 19.1 Å². The number of aryl methyl sites for hydroxylation is 2. The highest BCUT2D eigenvalue weighted by atomic mass is 16.5. The Morgan fingerprint density at radius 2 is 1.83 bits per heavy atom. The molecular weight excluding hydrogens is 298 g/mol. The van der Waals surface area contributed by atoms with Gasteiger partial charge in [0.25, 0.3) is 0 Å². The van der Waals surface area contributed by atoms with E-state index in [4.69, 9.17) is 9.26 Å². The first-order chi connectivity index (χ1) is 11.0. The molecule has 23 heavy (non-hydrogen) atoms. The zero-order chi connectivity index (χ0) is 16.8. The number of benzene rings is 1. The number of amides is 2. The number of aromatic nitrogens is 1. The molecule has 2 N–H and O–H groups in total.